The average Bonchev–Trinajstić information content (AvgIpc) is 3.32. The van der Waals surface area contributed by atoms with Crippen LogP contribution in [0.2, 0.25) is 5.02 Å². The van der Waals surface area contributed by atoms with Crippen LogP contribution in [0.3, 0.4) is 0 Å². The van der Waals surface area contributed by atoms with Crippen molar-refractivity contribution >= 4 is 34.9 Å². The fourth-order valence-electron chi connectivity index (χ4n) is 5.27. The summed E-state index contributed by atoms with van der Waals surface area (Å²) in [4.78, 5) is 33.6. The van der Waals surface area contributed by atoms with E-state index in [-0.39, 0.29) is 30.7 Å². The number of ether oxygens (including phenoxy) is 1. The van der Waals surface area contributed by atoms with Gasteiger partial charge in [-0.1, -0.05) is 35.9 Å². The number of nitriles is 1. The molecule has 2 aromatic carbocycles. The fraction of sp³-hybridized carbons (Fsp3) is 0.333. The summed E-state index contributed by atoms with van der Waals surface area (Å²) in [7, 11) is 0. The van der Waals surface area contributed by atoms with Crippen LogP contribution >= 0.6 is 11.6 Å². The lowest BCUT2D eigenvalue weighted by Crippen LogP contribution is -2.53. The maximum Gasteiger partial charge on any atom is 0.252 e. The van der Waals surface area contributed by atoms with E-state index >= 15 is 0 Å². The van der Waals surface area contributed by atoms with Gasteiger partial charge in [-0.05, 0) is 42.8 Å². The van der Waals surface area contributed by atoms with E-state index in [4.69, 9.17) is 16.3 Å². The zero-order chi connectivity index (χ0) is 29.9. The molecule has 2 heterocycles. The molecule has 1 aliphatic carbocycles. The third-order valence-electron chi connectivity index (χ3n) is 7.32. The van der Waals surface area contributed by atoms with Crippen molar-refractivity contribution < 1.29 is 27.5 Å². The van der Waals surface area contributed by atoms with Gasteiger partial charge in [0.05, 0.1) is 24.3 Å². The standard InChI is InChI=1S/C30H27ClF3N5O3/c31-25-7-2-1-6-24(25)28(29(41)37-21-14-30(33,34)15-21)38(22-5-3-4-20(32)13-22)18-42-17-23-8-9-27(40)39(23)26-12-19(16-35)10-11-36-26/h1-7,10-13,21,23,28H,8-9,14-15,17-18H2,(H,37,41). The molecule has 8 nitrogen and oxygen atoms in total. The third kappa shape index (κ3) is 6.50. The van der Waals surface area contributed by atoms with Crippen LogP contribution in [-0.4, -0.2) is 48.1 Å². The molecule has 0 spiro atoms. The minimum absolute atomic E-state index is 0.0434. The Bertz CT molecular complexity index is 1510. The molecule has 42 heavy (non-hydrogen) atoms. The van der Waals surface area contributed by atoms with Gasteiger partial charge in [-0.2, -0.15) is 5.26 Å². The Morgan fingerprint density at radius 1 is 1.21 bits per heavy atom. The van der Waals surface area contributed by atoms with Gasteiger partial charge in [0.25, 0.3) is 5.92 Å². The van der Waals surface area contributed by atoms with E-state index in [9.17, 15) is 28.0 Å². The highest BCUT2D eigenvalue weighted by molar-refractivity contribution is 6.31. The normalized spacial score (nSPS) is 18.7. The average molecular weight is 598 g/mol. The van der Waals surface area contributed by atoms with Gasteiger partial charge in [-0.25, -0.2) is 18.2 Å². The van der Waals surface area contributed by atoms with Crippen LogP contribution in [0.25, 0.3) is 0 Å². The number of nitrogens with one attached hydrogen (secondary N) is 1. The Labute approximate surface area is 245 Å². The van der Waals surface area contributed by atoms with Crippen LogP contribution in [-0.2, 0) is 14.3 Å². The quantitative estimate of drug-likeness (QED) is 0.315. The minimum Gasteiger partial charge on any atom is -0.359 e. The first kappa shape index (κ1) is 29.4. The molecule has 0 bridgehead atoms. The summed E-state index contributed by atoms with van der Waals surface area (Å²) in [5.41, 5.74) is 1.04. The molecule has 218 valence electrons. The van der Waals surface area contributed by atoms with Crippen molar-refractivity contribution in [2.75, 3.05) is 23.1 Å². The van der Waals surface area contributed by atoms with Gasteiger partial charge in [-0.3, -0.25) is 14.5 Å². The number of rotatable bonds is 10. The molecule has 1 saturated heterocycles. The maximum atomic E-state index is 14.4. The Morgan fingerprint density at radius 2 is 2.00 bits per heavy atom. The van der Waals surface area contributed by atoms with E-state index < -0.39 is 48.6 Å². The van der Waals surface area contributed by atoms with Gasteiger partial charge in [0.2, 0.25) is 11.8 Å². The van der Waals surface area contributed by atoms with Crippen molar-refractivity contribution in [3.8, 4) is 6.07 Å². The number of amides is 2. The largest absolute Gasteiger partial charge is 0.359 e. The second kappa shape index (κ2) is 12.4. The highest BCUT2D eigenvalue weighted by atomic mass is 35.5. The summed E-state index contributed by atoms with van der Waals surface area (Å²) in [6.45, 7) is -0.181. The molecule has 12 heteroatoms. The third-order valence-corrected chi connectivity index (χ3v) is 7.67. The van der Waals surface area contributed by atoms with Gasteiger partial charge in [0, 0.05) is 47.8 Å². The molecule has 2 aliphatic rings. The summed E-state index contributed by atoms with van der Waals surface area (Å²) >= 11 is 6.51. The first-order chi connectivity index (χ1) is 20.1. The molecule has 2 fully saturated rings. The zero-order valence-electron chi connectivity index (χ0n) is 22.4. The molecular weight excluding hydrogens is 571 g/mol. The second-order valence-electron chi connectivity index (χ2n) is 10.3. The fourth-order valence-corrected chi connectivity index (χ4v) is 5.51. The summed E-state index contributed by atoms with van der Waals surface area (Å²) in [6.07, 6.45) is 1.24. The number of carbonyl (C=O) groups is 2. The summed E-state index contributed by atoms with van der Waals surface area (Å²) in [6, 6.07) is 15.0. The van der Waals surface area contributed by atoms with E-state index in [1.54, 1.807) is 30.3 Å². The number of pyridine rings is 1. The topological polar surface area (TPSA) is 98.6 Å². The Hall–Kier alpha value is -4.14. The van der Waals surface area contributed by atoms with Crippen molar-refractivity contribution in [3.63, 3.8) is 0 Å². The molecule has 5 rings (SSSR count). The molecule has 2 atom stereocenters. The van der Waals surface area contributed by atoms with Crippen molar-refractivity contribution in [1.29, 1.82) is 5.26 Å². The van der Waals surface area contributed by atoms with E-state index in [2.05, 4.69) is 10.3 Å². The predicted octanol–water partition coefficient (Wildman–Crippen LogP) is 5.38. The summed E-state index contributed by atoms with van der Waals surface area (Å²) in [5, 5.41) is 12.2. The van der Waals surface area contributed by atoms with Gasteiger partial charge < -0.3 is 15.0 Å². The lowest BCUT2D eigenvalue weighted by atomic mass is 9.87. The number of anilines is 2. The number of hydrogen-bond acceptors (Lipinski definition) is 6. The van der Waals surface area contributed by atoms with Crippen molar-refractivity contribution in [3.05, 3.63) is 88.8 Å². The first-order valence-electron chi connectivity index (χ1n) is 13.4. The Kier molecular flexibility index (Phi) is 8.66. The van der Waals surface area contributed by atoms with Crippen LogP contribution in [0.5, 0.6) is 0 Å². The van der Waals surface area contributed by atoms with E-state index in [1.165, 1.54) is 46.3 Å². The SMILES string of the molecule is N#Cc1ccnc(N2C(=O)CCC2COCN(c2cccc(F)c2)C(C(=O)NC2CC(F)(F)C2)c2ccccc2Cl)c1. The van der Waals surface area contributed by atoms with Crippen LogP contribution < -0.4 is 15.1 Å². The maximum absolute atomic E-state index is 14.4. The number of hydrogen-bond donors (Lipinski definition) is 1. The van der Waals surface area contributed by atoms with Crippen LogP contribution in [0.15, 0.2) is 66.9 Å². The molecule has 0 radical (unpaired) electrons. The number of aromatic nitrogens is 1. The smallest absolute Gasteiger partial charge is 0.252 e. The molecule has 2 unspecified atom stereocenters. The van der Waals surface area contributed by atoms with E-state index in [0.29, 0.717) is 29.1 Å². The van der Waals surface area contributed by atoms with Crippen LogP contribution in [0, 0.1) is 17.1 Å². The van der Waals surface area contributed by atoms with E-state index in [0.717, 1.165) is 0 Å². The van der Waals surface area contributed by atoms with Gasteiger partial charge in [0.1, 0.15) is 24.4 Å². The van der Waals surface area contributed by atoms with Gasteiger partial charge in [-0.15, -0.1) is 0 Å². The molecule has 1 aliphatic heterocycles. The lowest BCUT2D eigenvalue weighted by Gasteiger charge is -2.39. The van der Waals surface area contributed by atoms with Crippen molar-refractivity contribution in [1.82, 2.24) is 10.3 Å². The Morgan fingerprint density at radius 3 is 2.71 bits per heavy atom. The molecule has 3 aromatic rings. The lowest BCUT2D eigenvalue weighted by molar-refractivity contribution is -0.130. The highest BCUT2D eigenvalue weighted by Crippen LogP contribution is 2.39. The predicted molar refractivity (Wildman–Crippen MR) is 149 cm³/mol. The summed E-state index contributed by atoms with van der Waals surface area (Å²) < 4.78 is 47.5. The van der Waals surface area contributed by atoms with Crippen molar-refractivity contribution in [2.45, 2.75) is 49.7 Å². The van der Waals surface area contributed by atoms with Gasteiger partial charge in [0.15, 0.2) is 0 Å². The number of benzene rings is 2. The highest BCUT2D eigenvalue weighted by Gasteiger charge is 2.47. The van der Waals surface area contributed by atoms with E-state index in [1.807, 2.05) is 6.07 Å². The van der Waals surface area contributed by atoms with Crippen LogP contribution in [0.4, 0.5) is 24.7 Å². The minimum atomic E-state index is -2.84. The molecule has 1 aromatic heterocycles. The second-order valence-corrected chi connectivity index (χ2v) is 10.7. The summed E-state index contributed by atoms with van der Waals surface area (Å²) in [5.74, 6) is -3.82. The molecular formula is C30H27ClF3N5O3. The number of halogens is 4. The Balaban J connectivity index is 1.41. The molecule has 2 amide bonds. The zero-order valence-corrected chi connectivity index (χ0v) is 23.1. The number of nitrogens with zero attached hydrogens (tertiary/aromatic N) is 4. The molecule has 1 saturated carbocycles. The monoisotopic (exact) mass is 597 g/mol. The van der Waals surface area contributed by atoms with Crippen molar-refractivity contribution in [2.24, 2.45) is 0 Å². The van der Waals surface area contributed by atoms with Gasteiger partial charge >= 0.3 is 0 Å². The number of carbonyl (C=O) groups excluding carboxylic acids is 2. The van der Waals surface area contributed by atoms with Crippen LogP contribution in [0.1, 0.15) is 42.9 Å². The first-order valence-corrected chi connectivity index (χ1v) is 13.7. The molecule has 1 N–H and O–H groups in total. The number of alkyl halides is 2.